The summed E-state index contributed by atoms with van der Waals surface area (Å²) in [6, 6.07) is 21.0. The Kier molecular flexibility index (Phi) is 8.57. The average Bonchev–Trinajstić information content (AvgIpc) is 3.34. The number of pyridine rings is 1. The summed E-state index contributed by atoms with van der Waals surface area (Å²) in [5.74, 6) is 2.04. The summed E-state index contributed by atoms with van der Waals surface area (Å²) in [4.78, 5) is 23.2. The quantitative estimate of drug-likeness (QED) is 0.292. The molecule has 0 aliphatic carbocycles. The molecule has 0 bridgehead atoms. The van der Waals surface area contributed by atoms with Crippen LogP contribution in [0.25, 0.3) is 0 Å². The number of carbonyl (C=O) groups is 1. The van der Waals surface area contributed by atoms with Crippen LogP contribution in [0.2, 0.25) is 0 Å². The van der Waals surface area contributed by atoms with Crippen LogP contribution >= 0.6 is 11.5 Å². The Balaban J connectivity index is 1.34. The molecule has 0 aliphatic heterocycles. The third-order valence-electron chi connectivity index (χ3n) is 5.37. The minimum atomic E-state index is -0.0471. The number of carbonyl (C=O) groups excluding carboxylic acids is 1. The number of methoxy groups -OCH3 is 1. The van der Waals surface area contributed by atoms with Crippen molar-refractivity contribution < 1.29 is 14.3 Å². The molecule has 0 atom stereocenters. The average molecular weight is 500 g/mol. The van der Waals surface area contributed by atoms with E-state index in [1.807, 2.05) is 60.7 Å². The Bertz CT molecular complexity index is 1320. The van der Waals surface area contributed by atoms with Crippen molar-refractivity contribution in [3.63, 3.8) is 0 Å². The van der Waals surface area contributed by atoms with Crippen LogP contribution in [0.3, 0.4) is 0 Å². The Morgan fingerprint density at radius 3 is 2.64 bits per heavy atom. The Morgan fingerprint density at radius 2 is 1.89 bits per heavy atom. The SMILES string of the molecule is COc1cccc(Cc2nsc(Oc3ccc(CC(=O)N(CCC#N)Cc4cccnc4)cc3)n2)c1. The number of amides is 1. The molecule has 4 rings (SSSR count). The lowest BCUT2D eigenvalue weighted by molar-refractivity contribution is -0.131. The zero-order valence-electron chi connectivity index (χ0n) is 19.8. The van der Waals surface area contributed by atoms with E-state index in [1.165, 1.54) is 11.5 Å². The van der Waals surface area contributed by atoms with Crippen molar-refractivity contribution >= 4 is 17.4 Å². The van der Waals surface area contributed by atoms with Gasteiger partial charge in [0.25, 0.3) is 5.19 Å². The minimum absolute atomic E-state index is 0.0471. The summed E-state index contributed by atoms with van der Waals surface area (Å²) in [5, 5.41) is 9.43. The van der Waals surface area contributed by atoms with Crippen LogP contribution in [0.4, 0.5) is 0 Å². The van der Waals surface area contributed by atoms with Gasteiger partial charge in [0.2, 0.25) is 5.91 Å². The van der Waals surface area contributed by atoms with Crippen LogP contribution in [0, 0.1) is 11.3 Å². The number of ether oxygens (including phenoxy) is 2. The van der Waals surface area contributed by atoms with E-state index < -0.39 is 0 Å². The van der Waals surface area contributed by atoms with Crippen LogP contribution in [0.5, 0.6) is 16.7 Å². The Labute approximate surface area is 214 Å². The largest absolute Gasteiger partial charge is 0.497 e. The molecule has 9 heteroatoms. The second-order valence-electron chi connectivity index (χ2n) is 8.01. The summed E-state index contributed by atoms with van der Waals surface area (Å²) in [6.07, 6.45) is 4.52. The van der Waals surface area contributed by atoms with Crippen LogP contribution in [-0.2, 0) is 24.2 Å². The molecular formula is C27H25N5O3S. The first-order valence-electron chi connectivity index (χ1n) is 11.4. The molecule has 0 spiro atoms. The van der Waals surface area contributed by atoms with Crippen molar-refractivity contribution in [2.75, 3.05) is 13.7 Å². The number of hydrogen-bond donors (Lipinski definition) is 0. The fraction of sp³-hybridized carbons (Fsp3) is 0.222. The van der Waals surface area contributed by atoms with Gasteiger partial charge < -0.3 is 14.4 Å². The molecule has 0 radical (unpaired) electrons. The maximum Gasteiger partial charge on any atom is 0.298 e. The van der Waals surface area contributed by atoms with Gasteiger partial charge in [-0.15, -0.1) is 0 Å². The Morgan fingerprint density at radius 1 is 1.06 bits per heavy atom. The van der Waals surface area contributed by atoms with Crippen molar-refractivity contribution in [3.8, 4) is 22.8 Å². The van der Waals surface area contributed by atoms with E-state index in [0.717, 1.165) is 22.4 Å². The third kappa shape index (κ3) is 7.10. The molecule has 8 nitrogen and oxygen atoms in total. The van der Waals surface area contributed by atoms with Crippen molar-refractivity contribution in [1.29, 1.82) is 5.26 Å². The summed E-state index contributed by atoms with van der Waals surface area (Å²) in [7, 11) is 1.64. The number of nitriles is 1. The van der Waals surface area contributed by atoms with Crippen molar-refractivity contribution in [3.05, 3.63) is 95.6 Å². The first-order chi connectivity index (χ1) is 17.6. The van der Waals surface area contributed by atoms with E-state index in [0.29, 0.717) is 36.3 Å². The van der Waals surface area contributed by atoms with E-state index in [4.69, 9.17) is 14.7 Å². The van der Waals surface area contributed by atoms with Gasteiger partial charge in [0.05, 0.1) is 26.0 Å². The van der Waals surface area contributed by atoms with E-state index in [1.54, 1.807) is 24.4 Å². The summed E-state index contributed by atoms with van der Waals surface area (Å²) in [5.41, 5.74) is 2.84. The zero-order chi connectivity index (χ0) is 25.2. The third-order valence-corrected chi connectivity index (χ3v) is 6.01. The highest BCUT2D eigenvalue weighted by Crippen LogP contribution is 2.25. The predicted octanol–water partition coefficient (Wildman–Crippen LogP) is 4.81. The maximum atomic E-state index is 12.9. The first-order valence-corrected chi connectivity index (χ1v) is 12.2. The predicted molar refractivity (Wildman–Crippen MR) is 136 cm³/mol. The molecule has 1 amide bonds. The highest BCUT2D eigenvalue weighted by Gasteiger charge is 2.15. The summed E-state index contributed by atoms with van der Waals surface area (Å²) < 4.78 is 15.5. The molecule has 36 heavy (non-hydrogen) atoms. The van der Waals surface area contributed by atoms with Crippen LogP contribution < -0.4 is 9.47 Å². The molecule has 182 valence electrons. The van der Waals surface area contributed by atoms with Gasteiger partial charge in [-0.05, 0) is 47.0 Å². The molecule has 0 N–H and O–H groups in total. The van der Waals surface area contributed by atoms with Gasteiger partial charge in [-0.25, -0.2) is 0 Å². The molecule has 0 saturated carbocycles. The van der Waals surface area contributed by atoms with Crippen molar-refractivity contribution in [2.45, 2.75) is 25.8 Å². The maximum absolute atomic E-state index is 12.9. The fourth-order valence-electron chi connectivity index (χ4n) is 3.57. The van der Waals surface area contributed by atoms with Crippen molar-refractivity contribution in [1.82, 2.24) is 19.2 Å². The van der Waals surface area contributed by atoms with Crippen LogP contribution in [0.15, 0.2) is 73.1 Å². The van der Waals surface area contributed by atoms with Crippen LogP contribution in [-0.4, -0.2) is 38.8 Å². The van der Waals surface area contributed by atoms with Gasteiger partial charge in [-0.3, -0.25) is 9.78 Å². The van der Waals surface area contributed by atoms with E-state index in [9.17, 15) is 4.79 Å². The van der Waals surface area contributed by atoms with E-state index >= 15 is 0 Å². The second-order valence-corrected chi connectivity index (χ2v) is 8.73. The molecule has 2 heterocycles. The Hall–Kier alpha value is -4.29. The fourth-order valence-corrected chi connectivity index (χ4v) is 4.14. The van der Waals surface area contributed by atoms with E-state index in [2.05, 4.69) is 20.4 Å². The van der Waals surface area contributed by atoms with Gasteiger partial charge in [-0.2, -0.15) is 14.6 Å². The lowest BCUT2D eigenvalue weighted by Crippen LogP contribution is -2.32. The number of hydrogen-bond acceptors (Lipinski definition) is 8. The topological polar surface area (TPSA) is 101 Å². The molecule has 2 aromatic heterocycles. The molecule has 2 aromatic carbocycles. The monoisotopic (exact) mass is 499 g/mol. The smallest absolute Gasteiger partial charge is 0.298 e. The van der Waals surface area contributed by atoms with Crippen molar-refractivity contribution in [2.24, 2.45) is 0 Å². The lowest BCUT2D eigenvalue weighted by Gasteiger charge is -2.21. The van der Waals surface area contributed by atoms with Gasteiger partial charge >= 0.3 is 0 Å². The second kappa shape index (κ2) is 12.4. The summed E-state index contributed by atoms with van der Waals surface area (Å²) in [6.45, 7) is 0.797. The van der Waals surface area contributed by atoms with Crippen LogP contribution in [0.1, 0.15) is 28.9 Å². The number of benzene rings is 2. The molecule has 0 unspecified atom stereocenters. The molecule has 0 aliphatic rings. The van der Waals surface area contributed by atoms with Gasteiger partial charge in [0, 0.05) is 43.4 Å². The molecule has 4 aromatic rings. The molecule has 0 saturated heterocycles. The lowest BCUT2D eigenvalue weighted by atomic mass is 10.1. The zero-order valence-corrected chi connectivity index (χ0v) is 20.6. The summed E-state index contributed by atoms with van der Waals surface area (Å²) >= 11 is 1.19. The highest BCUT2D eigenvalue weighted by molar-refractivity contribution is 7.07. The molecular weight excluding hydrogens is 474 g/mol. The minimum Gasteiger partial charge on any atom is -0.497 e. The number of aromatic nitrogens is 3. The number of nitrogens with zero attached hydrogens (tertiary/aromatic N) is 5. The number of rotatable bonds is 11. The first kappa shape index (κ1) is 24.8. The normalized spacial score (nSPS) is 10.4. The van der Waals surface area contributed by atoms with Gasteiger partial charge in [0.1, 0.15) is 11.5 Å². The van der Waals surface area contributed by atoms with E-state index in [-0.39, 0.29) is 18.7 Å². The highest BCUT2D eigenvalue weighted by atomic mass is 32.1. The standard InChI is InChI=1S/C27H25N5O3S/c1-34-24-7-2-5-21(15-24)16-25-30-27(36-31-25)35-23-10-8-20(9-11-23)17-26(33)32(14-4-12-28)19-22-6-3-13-29-18-22/h2-3,5-11,13,15,18H,4,14,16-17,19H2,1H3. The van der Waals surface area contributed by atoms with Gasteiger partial charge in [0.15, 0.2) is 5.82 Å². The molecule has 0 fully saturated rings. The van der Waals surface area contributed by atoms with Gasteiger partial charge in [-0.1, -0.05) is 30.3 Å².